The molecule has 0 bridgehead atoms. The minimum absolute atomic E-state index is 0.0893. The first-order valence-corrected chi connectivity index (χ1v) is 9.05. The molecule has 1 aliphatic rings. The number of benzene rings is 1. The second-order valence-corrected chi connectivity index (χ2v) is 6.72. The standard InChI is InChI=1S/C16H22BrN3O2S/c1-2-22-14-9-11(8-13(17)15(14)21)10-18-20-16(23)19-12-6-4-3-5-7-12/h8-10,12,21H,2-7H2,1H3,(H2,19,20,23)/b18-10+. The number of halogens is 1. The van der Waals surface area contributed by atoms with Gasteiger partial charge in [0.1, 0.15) is 0 Å². The van der Waals surface area contributed by atoms with Crippen LogP contribution in [0, 0.1) is 0 Å². The van der Waals surface area contributed by atoms with Crippen LogP contribution in [-0.2, 0) is 0 Å². The molecule has 3 N–H and O–H groups in total. The number of hydrazone groups is 1. The Balaban J connectivity index is 1.90. The van der Waals surface area contributed by atoms with Gasteiger partial charge in [0.05, 0.1) is 17.3 Å². The Morgan fingerprint density at radius 2 is 2.17 bits per heavy atom. The van der Waals surface area contributed by atoms with E-state index in [2.05, 4.69) is 31.8 Å². The van der Waals surface area contributed by atoms with Gasteiger partial charge in [-0.05, 0) is 65.6 Å². The van der Waals surface area contributed by atoms with E-state index in [4.69, 9.17) is 17.0 Å². The van der Waals surface area contributed by atoms with E-state index in [9.17, 15) is 5.11 Å². The van der Waals surface area contributed by atoms with Gasteiger partial charge in [0.2, 0.25) is 0 Å². The monoisotopic (exact) mass is 399 g/mol. The van der Waals surface area contributed by atoms with Crippen LogP contribution >= 0.6 is 28.1 Å². The number of rotatable bonds is 5. The van der Waals surface area contributed by atoms with Crippen LogP contribution in [0.2, 0.25) is 0 Å². The molecule has 0 saturated heterocycles. The molecule has 126 valence electrons. The Morgan fingerprint density at radius 3 is 2.87 bits per heavy atom. The predicted molar refractivity (Wildman–Crippen MR) is 100 cm³/mol. The molecule has 1 aliphatic carbocycles. The van der Waals surface area contributed by atoms with Crippen molar-refractivity contribution in [3.8, 4) is 11.5 Å². The van der Waals surface area contributed by atoms with E-state index in [0.29, 0.717) is 28.0 Å². The lowest BCUT2D eigenvalue weighted by atomic mass is 9.96. The van der Waals surface area contributed by atoms with Crippen molar-refractivity contribution in [1.29, 1.82) is 0 Å². The largest absolute Gasteiger partial charge is 0.503 e. The quantitative estimate of drug-likeness (QED) is 0.400. The molecule has 0 heterocycles. The van der Waals surface area contributed by atoms with Crippen molar-refractivity contribution in [2.75, 3.05) is 6.61 Å². The first-order valence-electron chi connectivity index (χ1n) is 7.85. The summed E-state index contributed by atoms with van der Waals surface area (Å²) in [5.74, 6) is 0.512. The van der Waals surface area contributed by atoms with Gasteiger partial charge < -0.3 is 15.2 Å². The van der Waals surface area contributed by atoms with E-state index in [1.54, 1.807) is 18.3 Å². The van der Waals surface area contributed by atoms with Gasteiger partial charge in [-0.2, -0.15) is 5.10 Å². The van der Waals surface area contributed by atoms with Crippen molar-refractivity contribution in [1.82, 2.24) is 10.7 Å². The average molecular weight is 400 g/mol. The molecule has 1 aromatic rings. The summed E-state index contributed by atoms with van der Waals surface area (Å²) < 4.78 is 5.95. The number of phenolic OH excluding ortho intramolecular Hbond substituents is 1. The lowest BCUT2D eigenvalue weighted by Gasteiger charge is -2.23. The zero-order chi connectivity index (χ0) is 16.7. The van der Waals surface area contributed by atoms with Crippen LogP contribution in [0.5, 0.6) is 11.5 Å². The third-order valence-electron chi connectivity index (χ3n) is 3.67. The maximum absolute atomic E-state index is 9.89. The maximum Gasteiger partial charge on any atom is 0.187 e. The summed E-state index contributed by atoms with van der Waals surface area (Å²) in [5.41, 5.74) is 3.63. The van der Waals surface area contributed by atoms with E-state index in [1.165, 1.54) is 19.3 Å². The predicted octanol–water partition coefficient (Wildman–Crippen LogP) is 3.68. The molecule has 1 saturated carbocycles. The van der Waals surface area contributed by atoms with Gasteiger partial charge in [-0.25, -0.2) is 0 Å². The van der Waals surface area contributed by atoms with Crippen LogP contribution in [-0.4, -0.2) is 29.1 Å². The fourth-order valence-corrected chi connectivity index (χ4v) is 3.24. The van der Waals surface area contributed by atoms with E-state index < -0.39 is 0 Å². The van der Waals surface area contributed by atoms with Gasteiger partial charge in [0.25, 0.3) is 0 Å². The summed E-state index contributed by atoms with van der Waals surface area (Å²) >= 11 is 8.56. The SMILES string of the molecule is CCOc1cc(/C=N/NC(=S)NC2CCCCC2)cc(Br)c1O. The van der Waals surface area contributed by atoms with E-state index in [0.717, 1.165) is 18.4 Å². The molecule has 0 amide bonds. The van der Waals surface area contributed by atoms with Crippen molar-refractivity contribution in [2.24, 2.45) is 5.10 Å². The van der Waals surface area contributed by atoms with E-state index in [-0.39, 0.29) is 5.75 Å². The molecule has 2 rings (SSSR count). The summed E-state index contributed by atoms with van der Waals surface area (Å²) in [6, 6.07) is 3.94. The molecule has 1 fully saturated rings. The summed E-state index contributed by atoms with van der Waals surface area (Å²) in [7, 11) is 0. The third kappa shape index (κ3) is 5.66. The number of hydrogen-bond donors (Lipinski definition) is 3. The molecule has 5 nitrogen and oxygen atoms in total. The number of phenols is 1. The zero-order valence-electron chi connectivity index (χ0n) is 13.1. The molecule has 0 aromatic heterocycles. The summed E-state index contributed by atoms with van der Waals surface area (Å²) in [5, 5.41) is 17.9. The van der Waals surface area contributed by atoms with Gasteiger partial charge in [-0.1, -0.05) is 19.3 Å². The minimum Gasteiger partial charge on any atom is -0.503 e. The molecular formula is C16H22BrN3O2S. The van der Waals surface area contributed by atoms with Crippen molar-refractivity contribution in [2.45, 2.75) is 45.1 Å². The second kappa shape index (κ2) is 9.08. The van der Waals surface area contributed by atoms with Crippen molar-refractivity contribution in [3.63, 3.8) is 0 Å². The van der Waals surface area contributed by atoms with Crippen LogP contribution < -0.4 is 15.5 Å². The number of nitrogens with one attached hydrogen (secondary N) is 2. The number of hydrogen-bond acceptors (Lipinski definition) is 4. The first kappa shape index (κ1) is 18.0. The molecule has 0 atom stereocenters. The molecule has 23 heavy (non-hydrogen) atoms. The number of nitrogens with zero attached hydrogens (tertiary/aromatic N) is 1. The van der Waals surface area contributed by atoms with Gasteiger partial charge in [-0.15, -0.1) is 0 Å². The summed E-state index contributed by atoms with van der Waals surface area (Å²) in [4.78, 5) is 0. The molecule has 0 spiro atoms. The topological polar surface area (TPSA) is 65.9 Å². The summed E-state index contributed by atoms with van der Waals surface area (Å²) in [6.07, 6.45) is 7.79. The van der Waals surface area contributed by atoms with E-state index in [1.807, 2.05) is 6.92 Å². The summed E-state index contributed by atoms with van der Waals surface area (Å²) in [6.45, 7) is 2.35. The Labute approximate surface area is 150 Å². The minimum atomic E-state index is 0.0893. The van der Waals surface area contributed by atoms with E-state index >= 15 is 0 Å². The molecule has 0 aliphatic heterocycles. The normalized spacial score (nSPS) is 15.6. The highest BCUT2D eigenvalue weighted by atomic mass is 79.9. The van der Waals surface area contributed by atoms with Crippen molar-refractivity contribution < 1.29 is 9.84 Å². The highest BCUT2D eigenvalue weighted by Gasteiger charge is 2.13. The van der Waals surface area contributed by atoms with Gasteiger partial charge in [0.15, 0.2) is 16.6 Å². The lowest BCUT2D eigenvalue weighted by molar-refractivity contribution is 0.317. The highest BCUT2D eigenvalue weighted by molar-refractivity contribution is 9.10. The fourth-order valence-electron chi connectivity index (χ4n) is 2.56. The second-order valence-electron chi connectivity index (χ2n) is 5.46. The average Bonchev–Trinajstić information content (AvgIpc) is 2.53. The highest BCUT2D eigenvalue weighted by Crippen LogP contribution is 2.35. The smallest absolute Gasteiger partial charge is 0.187 e. The van der Waals surface area contributed by atoms with Gasteiger partial charge in [0, 0.05) is 6.04 Å². The molecule has 0 unspecified atom stereocenters. The third-order valence-corrected chi connectivity index (χ3v) is 4.48. The first-order chi connectivity index (χ1) is 11.1. The number of thiocarbonyl (C=S) groups is 1. The van der Waals surface area contributed by atoms with Crippen molar-refractivity contribution >= 4 is 39.5 Å². The van der Waals surface area contributed by atoms with Crippen LogP contribution in [0.1, 0.15) is 44.6 Å². The van der Waals surface area contributed by atoms with Crippen LogP contribution in [0.25, 0.3) is 0 Å². The molecule has 1 aromatic carbocycles. The molecular weight excluding hydrogens is 378 g/mol. The number of aromatic hydroxyl groups is 1. The zero-order valence-corrected chi connectivity index (χ0v) is 15.5. The van der Waals surface area contributed by atoms with Crippen LogP contribution in [0.4, 0.5) is 0 Å². The molecule has 0 radical (unpaired) electrons. The Hall–Kier alpha value is -1.34. The maximum atomic E-state index is 9.89. The van der Waals surface area contributed by atoms with Gasteiger partial charge >= 0.3 is 0 Å². The van der Waals surface area contributed by atoms with Gasteiger partial charge in [-0.3, -0.25) is 5.43 Å². The Morgan fingerprint density at radius 1 is 1.43 bits per heavy atom. The van der Waals surface area contributed by atoms with Crippen LogP contribution in [0.15, 0.2) is 21.7 Å². The molecule has 7 heteroatoms. The van der Waals surface area contributed by atoms with Crippen LogP contribution in [0.3, 0.4) is 0 Å². The van der Waals surface area contributed by atoms with Crippen molar-refractivity contribution in [3.05, 3.63) is 22.2 Å². The number of ether oxygens (including phenoxy) is 1. The lowest BCUT2D eigenvalue weighted by Crippen LogP contribution is -2.40. The fraction of sp³-hybridized carbons (Fsp3) is 0.500. The Bertz CT molecular complexity index is 575. The Kier molecular flexibility index (Phi) is 7.11.